The number of anilines is 6. The van der Waals surface area contributed by atoms with Gasteiger partial charge in [0.25, 0.3) is 0 Å². The highest BCUT2D eigenvalue weighted by Gasteiger charge is 2.36. The number of carbonyl (C=O) groups excluding carboxylic acids is 2. The van der Waals surface area contributed by atoms with E-state index < -0.39 is 23.5 Å². The summed E-state index contributed by atoms with van der Waals surface area (Å²) in [5, 5.41) is 9.94. The van der Waals surface area contributed by atoms with Gasteiger partial charge in [-0.15, -0.1) is 0 Å². The van der Waals surface area contributed by atoms with Gasteiger partial charge in [0.15, 0.2) is 11.6 Å². The summed E-state index contributed by atoms with van der Waals surface area (Å²) >= 11 is 18.3. The average Bonchev–Trinajstić information content (AvgIpc) is 4.16. The molecular formula is C48H40Cl3F3N14O2. The Kier molecular flexibility index (Phi) is 13.3. The molecule has 2 fully saturated rings. The third-order valence-corrected chi connectivity index (χ3v) is 12.6. The minimum absolute atomic E-state index is 0.0796. The molecule has 4 aromatic carbocycles. The van der Waals surface area contributed by atoms with Gasteiger partial charge in [-0.05, 0) is 74.5 Å². The van der Waals surface area contributed by atoms with Crippen LogP contribution in [0.1, 0.15) is 13.8 Å². The lowest BCUT2D eigenvalue weighted by Gasteiger charge is -2.21. The number of amides is 4. The predicted molar refractivity (Wildman–Crippen MR) is 266 cm³/mol. The van der Waals surface area contributed by atoms with Gasteiger partial charge in [0.05, 0.1) is 43.5 Å². The monoisotopic (exact) mass is 1010 g/mol. The van der Waals surface area contributed by atoms with Crippen molar-refractivity contribution < 1.29 is 22.8 Å². The number of aromatic nitrogens is 8. The van der Waals surface area contributed by atoms with Crippen molar-refractivity contribution in [2.45, 2.75) is 26.9 Å². The highest BCUT2D eigenvalue weighted by Crippen LogP contribution is 2.40. The summed E-state index contributed by atoms with van der Waals surface area (Å²) in [6.45, 7) is 6.18. The van der Waals surface area contributed by atoms with Crippen LogP contribution < -0.4 is 31.1 Å². The summed E-state index contributed by atoms with van der Waals surface area (Å²) < 4.78 is 48.8. The molecule has 0 atom stereocenters. The zero-order valence-corrected chi connectivity index (χ0v) is 39.5. The van der Waals surface area contributed by atoms with E-state index in [1.165, 1.54) is 39.2 Å². The minimum atomic E-state index is -0.577. The molecule has 16 nitrogen and oxygen atoms in total. The van der Waals surface area contributed by atoms with Crippen LogP contribution in [0, 0.1) is 17.5 Å². The Morgan fingerprint density at radius 2 is 1.03 bits per heavy atom. The van der Waals surface area contributed by atoms with Crippen molar-refractivity contribution in [3.63, 3.8) is 0 Å². The van der Waals surface area contributed by atoms with Crippen molar-refractivity contribution in [2.24, 2.45) is 0 Å². The Morgan fingerprint density at radius 1 is 0.543 bits per heavy atom. The zero-order valence-electron chi connectivity index (χ0n) is 37.2. The van der Waals surface area contributed by atoms with Gasteiger partial charge < -0.3 is 11.5 Å². The highest BCUT2D eigenvalue weighted by atomic mass is 35.5. The van der Waals surface area contributed by atoms with Crippen LogP contribution >= 0.6 is 34.8 Å². The normalized spacial score (nSPS) is 13.7. The Hall–Kier alpha value is -7.74. The van der Waals surface area contributed by atoms with Gasteiger partial charge in [-0.2, -0.15) is 10.2 Å². The molecule has 2 saturated heterocycles. The third-order valence-electron chi connectivity index (χ3n) is 11.6. The summed E-state index contributed by atoms with van der Waals surface area (Å²) in [6.07, 6.45) is 6.52. The SMILES string of the molecule is CCn1cc(-c2cccc(N3CCN(c4ccc(Cl)c(Cl)c4)C3=O)c2F)c(-c2ccnc(N)n2)n1.CCn1cc(-c2cccc(N3CCN(c4ccc(F)cc4Cl)C3=O)c2F)c(-c2ccnc(N)n2)n1. The highest BCUT2D eigenvalue weighted by molar-refractivity contribution is 6.42. The molecule has 70 heavy (non-hydrogen) atoms. The molecule has 6 heterocycles. The quantitative estimate of drug-likeness (QED) is 0.134. The first kappa shape index (κ1) is 47.3. The Balaban J connectivity index is 0.000000174. The molecule has 2 aliphatic heterocycles. The van der Waals surface area contributed by atoms with Gasteiger partial charge >= 0.3 is 12.1 Å². The van der Waals surface area contributed by atoms with Gasteiger partial charge in [-0.25, -0.2) is 42.7 Å². The van der Waals surface area contributed by atoms with Crippen molar-refractivity contribution in [1.29, 1.82) is 0 Å². The molecule has 0 unspecified atom stereocenters. The van der Waals surface area contributed by atoms with E-state index in [4.69, 9.17) is 46.3 Å². The third kappa shape index (κ3) is 9.13. The van der Waals surface area contributed by atoms with E-state index in [2.05, 4.69) is 30.1 Å². The second-order valence-corrected chi connectivity index (χ2v) is 17.0. The number of halogens is 6. The fourth-order valence-corrected chi connectivity index (χ4v) is 8.72. The number of urea groups is 2. The van der Waals surface area contributed by atoms with Crippen LogP contribution in [0.4, 0.5) is 57.4 Å². The van der Waals surface area contributed by atoms with Crippen molar-refractivity contribution in [2.75, 3.05) is 57.2 Å². The predicted octanol–water partition coefficient (Wildman–Crippen LogP) is 10.5. The Labute approximate surface area is 413 Å². The van der Waals surface area contributed by atoms with Crippen molar-refractivity contribution >= 4 is 81.5 Å². The molecule has 22 heteroatoms. The Bertz CT molecular complexity index is 3320. The summed E-state index contributed by atoms with van der Waals surface area (Å²) in [7, 11) is 0. The molecular weight excluding hydrogens is 968 g/mol. The largest absolute Gasteiger partial charge is 0.368 e. The second-order valence-electron chi connectivity index (χ2n) is 15.7. The van der Waals surface area contributed by atoms with Crippen molar-refractivity contribution in [3.05, 3.63) is 142 Å². The number of hydrogen-bond acceptors (Lipinski definition) is 10. The average molecular weight is 1010 g/mol. The van der Waals surface area contributed by atoms with E-state index in [-0.39, 0.29) is 53.0 Å². The lowest BCUT2D eigenvalue weighted by molar-refractivity contribution is 0.255. The molecule has 0 aliphatic carbocycles. The lowest BCUT2D eigenvalue weighted by atomic mass is 10.0. The van der Waals surface area contributed by atoms with Crippen LogP contribution in [-0.2, 0) is 13.1 Å². The molecule has 0 spiro atoms. The smallest absolute Gasteiger partial charge is 0.329 e. The van der Waals surface area contributed by atoms with E-state index in [0.29, 0.717) is 87.1 Å². The fraction of sp³-hybridized carbons (Fsp3) is 0.167. The number of rotatable bonds is 10. The van der Waals surface area contributed by atoms with Crippen LogP contribution in [0.5, 0.6) is 0 Å². The molecule has 0 bridgehead atoms. The van der Waals surface area contributed by atoms with E-state index in [1.807, 2.05) is 13.8 Å². The molecule has 4 amide bonds. The van der Waals surface area contributed by atoms with E-state index in [1.54, 1.807) is 93.4 Å². The first-order valence-electron chi connectivity index (χ1n) is 21.7. The molecule has 4 aromatic heterocycles. The molecule has 2 aliphatic rings. The summed E-state index contributed by atoms with van der Waals surface area (Å²) in [5.41, 5.74) is 16.2. The molecule has 8 aromatic rings. The number of nitrogens with two attached hydrogens (primary N) is 2. The van der Waals surface area contributed by atoms with Crippen LogP contribution in [0.25, 0.3) is 45.0 Å². The summed E-state index contributed by atoms with van der Waals surface area (Å²) in [4.78, 5) is 48.5. The summed E-state index contributed by atoms with van der Waals surface area (Å²) in [6, 6.07) is 21.1. The number of nitrogen functional groups attached to an aromatic ring is 2. The van der Waals surface area contributed by atoms with Gasteiger partial charge in [0.1, 0.15) is 17.2 Å². The first-order chi connectivity index (χ1) is 33.7. The maximum Gasteiger partial charge on any atom is 0.329 e. The number of hydrogen-bond donors (Lipinski definition) is 2. The standard InChI is InChI=1S/C24H20Cl2FN7O.C24H20ClF2N7O/c1-2-32-13-16(22(31-32)19-8-9-29-23(28)30-19)15-4-3-5-20(21(15)27)34-11-10-33(24(34)35)14-6-7-17(25)18(26)12-14;1-2-32-13-16(22(31-32)18-8-9-29-23(28)30-18)15-4-3-5-20(21(15)27)34-11-10-33(24(34)35)19-7-6-14(26)12-17(19)25/h2*3-9,12-13H,2,10-11H2,1H3,(H2,28,29,30). The zero-order chi connectivity index (χ0) is 49.4. The summed E-state index contributed by atoms with van der Waals surface area (Å²) in [5.74, 6) is -1.44. The maximum absolute atomic E-state index is 16.0. The lowest BCUT2D eigenvalue weighted by Crippen LogP contribution is -2.32. The van der Waals surface area contributed by atoms with E-state index in [9.17, 15) is 14.0 Å². The van der Waals surface area contributed by atoms with Gasteiger partial charge in [-0.3, -0.25) is 29.0 Å². The number of nitrogens with zero attached hydrogens (tertiary/aromatic N) is 12. The maximum atomic E-state index is 16.0. The molecule has 0 saturated carbocycles. The van der Waals surface area contributed by atoms with Gasteiger partial charge in [0.2, 0.25) is 11.9 Å². The fourth-order valence-electron chi connectivity index (χ4n) is 8.16. The molecule has 0 radical (unpaired) electrons. The number of carbonyl (C=O) groups is 2. The minimum Gasteiger partial charge on any atom is -0.368 e. The molecule has 10 rings (SSSR count). The van der Waals surface area contributed by atoms with E-state index in [0.717, 1.165) is 6.07 Å². The first-order valence-corrected chi connectivity index (χ1v) is 22.9. The number of benzene rings is 4. The number of aryl methyl sites for hydroxylation is 2. The van der Waals surface area contributed by atoms with Crippen molar-refractivity contribution in [3.8, 4) is 45.0 Å². The van der Waals surface area contributed by atoms with Crippen LogP contribution in [0.15, 0.2) is 110 Å². The van der Waals surface area contributed by atoms with Gasteiger partial charge in [-0.1, -0.05) is 59.1 Å². The topological polar surface area (TPSA) is 186 Å². The van der Waals surface area contributed by atoms with Gasteiger partial charge in [0, 0.05) is 92.0 Å². The second kappa shape index (κ2) is 19.7. The van der Waals surface area contributed by atoms with Crippen LogP contribution in [0.3, 0.4) is 0 Å². The van der Waals surface area contributed by atoms with E-state index >= 15 is 8.78 Å². The molecule has 4 N–H and O–H groups in total. The molecule has 356 valence electrons. The van der Waals surface area contributed by atoms with Crippen molar-refractivity contribution in [1.82, 2.24) is 39.5 Å². The van der Waals surface area contributed by atoms with Crippen LogP contribution in [0.2, 0.25) is 15.1 Å². The van der Waals surface area contributed by atoms with Crippen LogP contribution in [-0.4, -0.2) is 77.7 Å². The Morgan fingerprint density at radius 3 is 1.50 bits per heavy atom.